The average Bonchev–Trinajstić information content (AvgIpc) is 3.10. The molecular weight excluding hydrogens is 356 g/mol. The third-order valence-electron chi connectivity index (χ3n) is 5.96. The number of likely N-dealkylation sites (tertiary alicyclic amines) is 1. The molecule has 1 spiro atoms. The Morgan fingerprint density at radius 1 is 1.07 bits per heavy atom. The van der Waals surface area contributed by atoms with Gasteiger partial charge in [0.15, 0.2) is 6.61 Å². The second-order valence-corrected chi connectivity index (χ2v) is 7.58. The van der Waals surface area contributed by atoms with E-state index in [4.69, 9.17) is 9.84 Å². The van der Waals surface area contributed by atoms with Crippen LogP contribution in [0.4, 0.5) is 5.95 Å². The lowest BCUT2D eigenvalue weighted by atomic mass is 9.84. The molecule has 148 valence electrons. The van der Waals surface area contributed by atoms with Gasteiger partial charge in [-0.25, -0.2) is 14.8 Å². The Balaban J connectivity index is 1.44. The lowest BCUT2D eigenvalue weighted by Gasteiger charge is -2.45. The monoisotopic (exact) mass is 382 g/mol. The van der Waals surface area contributed by atoms with Gasteiger partial charge in [0.2, 0.25) is 5.95 Å². The Labute approximate surface area is 165 Å². The van der Waals surface area contributed by atoms with Crippen LogP contribution in [0.25, 0.3) is 0 Å². The predicted molar refractivity (Wildman–Crippen MR) is 105 cm³/mol. The van der Waals surface area contributed by atoms with Gasteiger partial charge in [0.1, 0.15) is 5.75 Å². The van der Waals surface area contributed by atoms with Gasteiger partial charge in [0, 0.05) is 43.1 Å². The van der Waals surface area contributed by atoms with Gasteiger partial charge >= 0.3 is 5.97 Å². The quantitative estimate of drug-likeness (QED) is 0.822. The zero-order chi connectivity index (χ0) is 19.4. The van der Waals surface area contributed by atoms with Gasteiger partial charge in [0.05, 0.1) is 0 Å². The van der Waals surface area contributed by atoms with Gasteiger partial charge in [-0.3, -0.25) is 4.90 Å². The number of hydrogen-bond acceptors (Lipinski definition) is 6. The van der Waals surface area contributed by atoms with Gasteiger partial charge in [-0.2, -0.15) is 0 Å². The van der Waals surface area contributed by atoms with Crippen LogP contribution < -0.4 is 9.64 Å². The molecule has 0 saturated carbocycles. The van der Waals surface area contributed by atoms with Gasteiger partial charge in [-0.15, -0.1) is 0 Å². The fourth-order valence-corrected chi connectivity index (χ4v) is 4.51. The molecule has 28 heavy (non-hydrogen) atoms. The average molecular weight is 382 g/mol. The molecule has 3 heterocycles. The minimum Gasteiger partial charge on any atom is -0.482 e. The van der Waals surface area contributed by atoms with Crippen molar-refractivity contribution >= 4 is 11.9 Å². The number of para-hydroxylation sites is 1. The lowest BCUT2D eigenvalue weighted by Crippen LogP contribution is -2.52. The number of carbonyl (C=O) groups is 1. The first kappa shape index (κ1) is 18.7. The molecule has 2 saturated heterocycles. The molecule has 2 aromatic rings. The first-order valence-corrected chi connectivity index (χ1v) is 9.86. The third kappa shape index (κ3) is 3.94. The maximum absolute atomic E-state index is 10.9. The van der Waals surface area contributed by atoms with Crippen LogP contribution in [0.1, 0.15) is 31.2 Å². The van der Waals surface area contributed by atoms with Crippen LogP contribution in [0, 0.1) is 0 Å². The van der Waals surface area contributed by atoms with Crippen molar-refractivity contribution in [1.29, 1.82) is 0 Å². The minimum atomic E-state index is -0.956. The first-order chi connectivity index (χ1) is 13.7. The second-order valence-electron chi connectivity index (χ2n) is 7.58. The highest BCUT2D eigenvalue weighted by molar-refractivity contribution is 5.68. The normalized spacial score (nSPS) is 19.1. The third-order valence-corrected chi connectivity index (χ3v) is 5.96. The summed E-state index contributed by atoms with van der Waals surface area (Å²) < 4.78 is 5.51. The van der Waals surface area contributed by atoms with Crippen molar-refractivity contribution < 1.29 is 14.6 Å². The summed E-state index contributed by atoms with van der Waals surface area (Å²) in [5, 5.41) is 8.92. The van der Waals surface area contributed by atoms with Crippen LogP contribution in [0.15, 0.2) is 42.7 Å². The molecule has 1 aromatic heterocycles. The molecule has 2 fully saturated rings. The number of carboxylic acid groups (broad SMARTS) is 1. The van der Waals surface area contributed by atoms with Crippen LogP contribution in [0.2, 0.25) is 0 Å². The van der Waals surface area contributed by atoms with Gasteiger partial charge in [-0.1, -0.05) is 18.2 Å². The van der Waals surface area contributed by atoms with E-state index in [0.717, 1.165) is 50.5 Å². The molecule has 4 rings (SSSR count). The molecule has 7 nitrogen and oxygen atoms in total. The standard InChI is InChI=1S/C21H26N4O3/c26-19(27)16-28-18-6-2-1-5-17(18)15-25-12-3-7-21(25)8-13-24(14-9-21)20-22-10-4-11-23-20/h1-2,4-6,10-11H,3,7-9,12-16H2,(H,26,27). The van der Waals surface area contributed by atoms with Crippen molar-refractivity contribution in [2.75, 3.05) is 31.1 Å². The molecule has 2 aliphatic rings. The highest BCUT2D eigenvalue weighted by Crippen LogP contribution is 2.40. The minimum absolute atomic E-state index is 0.200. The van der Waals surface area contributed by atoms with Crippen LogP contribution in [0.5, 0.6) is 5.75 Å². The van der Waals surface area contributed by atoms with E-state index >= 15 is 0 Å². The summed E-state index contributed by atoms with van der Waals surface area (Å²) in [7, 11) is 0. The van der Waals surface area contributed by atoms with E-state index in [2.05, 4.69) is 19.8 Å². The largest absolute Gasteiger partial charge is 0.482 e. The number of aliphatic carboxylic acids is 1. The van der Waals surface area contributed by atoms with Crippen LogP contribution in [-0.4, -0.2) is 57.7 Å². The van der Waals surface area contributed by atoms with E-state index in [1.807, 2.05) is 30.3 Å². The molecule has 7 heteroatoms. The van der Waals surface area contributed by atoms with Crippen molar-refractivity contribution in [3.63, 3.8) is 0 Å². The Kier molecular flexibility index (Phi) is 5.43. The Morgan fingerprint density at radius 2 is 1.82 bits per heavy atom. The maximum atomic E-state index is 10.9. The second kappa shape index (κ2) is 8.14. The van der Waals surface area contributed by atoms with E-state index in [9.17, 15) is 4.79 Å². The number of nitrogens with zero attached hydrogens (tertiary/aromatic N) is 4. The Hall–Kier alpha value is -2.67. The van der Waals surface area contributed by atoms with E-state index < -0.39 is 5.97 Å². The summed E-state index contributed by atoms with van der Waals surface area (Å²) >= 11 is 0. The number of benzene rings is 1. The van der Waals surface area contributed by atoms with Crippen LogP contribution >= 0.6 is 0 Å². The fourth-order valence-electron chi connectivity index (χ4n) is 4.51. The molecular formula is C21H26N4O3. The van der Waals surface area contributed by atoms with Gasteiger partial charge < -0.3 is 14.7 Å². The summed E-state index contributed by atoms with van der Waals surface area (Å²) in [4.78, 5) is 24.5. The molecule has 0 radical (unpaired) electrons. The number of hydrogen-bond donors (Lipinski definition) is 1. The Morgan fingerprint density at radius 3 is 2.57 bits per heavy atom. The summed E-state index contributed by atoms with van der Waals surface area (Å²) in [5.41, 5.74) is 1.25. The number of piperidine rings is 1. The molecule has 1 aromatic carbocycles. The number of ether oxygens (including phenoxy) is 1. The smallest absolute Gasteiger partial charge is 0.341 e. The summed E-state index contributed by atoms with van der Waals surface area (Å²) in [6.07, 6.45) is 8.16. The fraction of sp³-hybridized carbons (Fsp3) is 0.476. The summed E-state index contributed by atoms with van der Waals surface area (Å²) in [5.74, 6) is 0.527. The molecule has 0 atom stereocenters. The van der Waals surface area contributed by atoms with E-state index in [1.165, 1.54) is 12.8 Å². The highest BCUT2D eigenvalue weighted by atomic mass is 16.5. The summed E-state index contributed by atoms with van der Waals surface area (Å²) in [6.45, 7) is 3.45. The van der Waals surface area contributed by atoms with E-state index in [-0.39, 0.29) is 12.1 Å². The number of rotatable bonds is 6. The number of aromatic nitrogens is 2. The van der Waals surface area contributed by atoms with Crippen LogP contribution in [-0.2, 0) is 11.3 Å². The van der Waals surface area contributed by atoms with Gasteiger partial charge in [0.25, 0.3) is 0 Å². The van der Waals surface area contributed by atoms with Crippen molar-refractivity contribution in [3.05, 3.63) is 48.3 Å². The maximum Gasteiger partial charge on any atom is 0.341 e. The first-order valence-electron chi connectivity index (χ1n) is 9.86. The molecule has 1 N–H and O–H groups in total. The topological polar surface area (TPSA) is 78.8 Å². The molecule has 0 aliphatic carbocycles. The lowest BCUT2D eigenvalue weighted by molar-refractivity contribution is -0.139. The zero-order valence-corrected chi connectivity index (χ0v) is 16.0. The van der Waals surface area contributed by atoms with Crippen molar-refractivity contribution in [3.8, 4) is 5.75 Å². The zero-order valence-electron chi connectivity index (χ0n) is 16.0. The Bertz CT molecular complexity index is 806. The predicted octanol–water partition coefficient (Wildman–Crippen LogP) is 2.58. The molecule has 0 bridgehead atoms. The molecule has 2 aliphatic heterocycles. The van der Waals surface area contributed by atoms with Crippen molar-refractivity contribution in [2.24, 2.45) is 0 Å². The van der Waals surface area contributed by atoms with Gasteiger partial charge in [-0.05, 0) is 44.4 Å². The van der Waals surface area contributed by atoms with Crippen molar-refractivity contribution in [1.82, 2.24) is 14.9 Å². The SMILES string of the molecule is O=C(O)COc1ccccc1CN1CCCC12CCN(c1ncccn1)CC2. The number of anilines is 1. The van der Waals surface area contributed by atoms with Crippen LogP contribution in [0.3, 0.4) is 0 Å². The summed E-state index contributed by atoms with van der Waals surface area (Å²) in [6, 6.07) is 9.61. The van der Waals surface area contributed by atoms with E-state index in [1.54, 1.807) is 12.4 Å². The molecule has 0 amide bonds. The van der Waals surface area contributed by atoms with E-state index in [0.29, 0.717) is 5.75 Å². The highest BCUT2D eigenvalue weighted by Gasteiger charge is 2.43. The molecule has 0 unspecified atom stereocenters. The number of carboxylic acids is 1. The van der Waals surface area contributed by atoms with Crippen molar-refractivity contribution in [2.45, 2.75) is 37.8 Å².